The summed E-state index contributed by atoms with van der Waals surface area (Å²) in [7, 11) is 0. The number of thiocarbonyl (C=S) groups is 1. The minimum Gasteiger partial charge on any atom is -0.358 e. The highest BCUT2D eigenvalue weighted by Crippen LogP contribution is 2.08. The van der Waals surface area contributed by atoms with Crippen LogP contribution in [0.25, 0.3) is 0 Å². The second kappa shape index (κ2) is 5.07. The van der Waals surface area contributed by atoms with Crippen LogP contribution in [0.4, 0.5) is 5.69 Å². The molecule has 3 nitrogen and oxygen atoms in total. The lowest BCUT2D eigenvalue weighted by Gasteiger charge is -2.26. The Hall–Kier alpha value is -1.16. The number of aromatic nitrogens is 1. The van der Waals surface area contributed by atoms with Gasteiger partial charge in [-0.3, -0.25) is 4.98 Å². The number of rotatable bonds is 3. The van der Waals surface area contributed by atoms with Gasteiger partial charge in [-0.1, -0.05) is 6.92 Å². The molecule has 0 saturated heterocycles. The van der Waals surface area contributed by atoms with Crippen molar-refractivity contribution >= 4 is 23.0 Å². The minimum atomic E-state index is 0.0249. The van der Waals surface area contributed by atoms with Crippen molar-refractivity contribution in [2.24, 2.45) is 0 Å². The molecule has 2 N–H and O–H groups in total. The van der Waals surface area contributed by atoms with Gasteiger partial charge in [0, 0.05) is 23.6 Å². The average Bonchev–Trinajstić information content (AvgIpc) is 2.18. The molecule has 0 aliphatic carbocycles. The largest absolute Gasteiger partial charge is 0.358 e. The van der Waals surface area contributed by atoms with E-state index in [0.29, 0.717) is 5.11 Å². The quantitative estimate of drug-likeness (QED) is 0.772. The van der Waals surface area contributed by atoms with E-state index in [-0.39, 0.29) is 5.54 Å². The highest BCUT2D eigenvalue weighted by Gasteiger charge is 2.15. The molecule has 4 heteroatoms. The molecule has 0 bridgehead atoms. The molecule has 1 aromatic rings. The van der Waals surface area contributed by atoms with E-state index in [2.05, 4.69) is 36.4 Å². The van der Waals surface area contributed by atoms with Crippen LogP contribution in [0.5, 0.6) is 0 Å². The van der Waals surface area contributed by atoms with Gasteiger partial charge in [-0.25, -0.2) is 0 Å². The second-order valence-corrected chi connectivity index (χ2v) is 4.46. The van der Waals surface area contributed by atoms with Crippen molar-refractivity contribution in [3.05, 3.63) is 24.5 Å². The summed E-state index contributed by atoms with van der Waals surface area (Å²) in [6.45, 7) is 6.36. The van der Waals surface area contributed by atoms with E-state index in [4.69, 9.17) is 12.2 Å². The van der Waals surface area contributed by atoms with Crippen LogP contribution in [0.15, 0.2) is 24.5 Å². The monoisotopic (exact) mass is 223 g/mol. The van der Waals surface area contributed by atoms with E-state index in [1.165, 1.54) is 0 Å². The Morgan fingerprint density at radius 3 is 2.53 bits per heavy atom. The third-order valence-electron chi connectivity index (χ3n) is 2.27. The van der Waals surface area contributed by atoms with Crippen LogP contribution in [0.3, 0.4) is 0 Å². The zero-order valence-corrected chi connectivity index (χ0v) is 10.2. The fourth-order valence-corrected chi connectivity index (χ4v) is 1.39. The maximum absolute atomic E-state index is 5.21. The molecule has 0 spiro atoms. The highest BCUT2D eigenvalue weighted by molar-refractivity contribution is 7.80. The minimum absolute atomic E-state index is 0.0249. The maximum atomic E-state index is 5.21. The Morgan fingerprint density at radius 1 is 1.40 bits per heavy atom. The third kappa shape index (κ3) is 4.25. The van der Waals surface area contributed by atoms with Gasteiger partial charge in [-0.05, 0) is 44.6 Å². The maximum Gasteiger partial charge on any atom is 0.171 e. The van der Waals surface area contributed by atoms with E-state index in [0.717, 1.165) is 12.1 Å². The van der Waals surface area contributed by atoms with E-state index in [1.54, 1.807) is 12.4 Å². The molecule has 0 radical (unpaired) electrons. The molecule has 0 amide bonds. The van der Waals surface area contributed by atoms with Crippen molar-refractivity contribution < 1.29 is 0 Å². The van der Waals surface area contributed by atoms with Gasteiger partial charge < -0.3 is 10.6 Å². The van der Waals surface area contributed by atoms with E-state index in [9.17, 15) is 0 Å². The number of pyridine rings is 1. The predicted molar refractivity (Wildman–Crippen MR) is 68.0 cm³/mol. The summed E-state index contributed by atoms with van der Waals surface area (Å²) >= 11 is 5.21. The van der Waals surface area contributed by atoms with E-state index < -0.39 is 0 Å². The van der Waals surface area contributed by atoms with Crippen molar-refractivity contribution in [3.63, 3.8) is 0 Å². The Morgan fingerprint density at radius 2 is 2.00 bits per heavy atom. The lowest BCUT2D eigenvalue weighted by Crippen LogP contribution is -2.44. The molecular weight excluding hydrogens is 206 g/mol. The molecule has 0 fully saturated rings. The summed E-state index contributed by atoms with van der Waals surface area (Å²) in [5, 5.41) is 7.01. The van der Waals surface area contributed by atoms with Crippen LogP contribution in [-0.2, 0) is 0 Å². The molecule has 0 aromatic carbocycles. The van der Waals surface area contributed by atoms with Gasteiger partial charge in [0.1, 0.15) is 0 Å². The zero-order valence-electron chi connectivity index (χ0n) is 9.37. The van der Waals surface area contributed by atoms with Gasteiger partial charge in [-0.2, -0.15) is 0 Å². The van der Waals surface area contributed by atoms with Crippen LogP contribution in [0.1, 0.15) is 27.2 Å². The summed E-state index contributed by atoms with van der Waals surface area (Å²) < 4.78 is 0. The average molecular weight is 223 g/mol. The van der Waals surface area contributed by atoms with Crippen LogP contribution < -0.4 is 10.6 Å². The fourth-order valence-electron chi connectivity index (χ4n) is 0.993. The third-order valence-corrected chi connectivity index (χ3v) is 2.48. The summed E-state index contributed by atoms with van der Waals surface area (Å²) in [6, 6.07) is 3.76. The Balaban J connectivity index is 2.51. The van der Waals surface area contributed by atoms with Gasteiger partial charge in [0.25, 0.3) is 0 Å². The van der Waals surface area contributed by atoms with Gasteiger partial charge >= 0.3 is 0 Å². The summed E-state index contributed by atoms with van der Waals surface area (Å²) in [5.74, 6) is 0. The molecule has 15 heavy (non-hydrogen) atoms. The molecule has 0 saturated carbocycles. The fraction of sp³-hybridized carbons (Fsp3) is 0.455. The molecule has 1 heterocycles. The topological polar surface area (TPSA) is 37.0 Å². The lowest BCUT2D eigenvalue weighted by atomic mass is 10.0. The normalized spacial score (nSPS) is 10.9. The van der Waals surface area contributed by atoms with Gasteiger partial charge in [0.2, 0.25) is 0 Å². The van der Waals surface area contributed by atoms with Gasteiger partial charge in [0.05, 0.1) is 0 Å². The number of nitrogens with one attached hydrogen (secondary N) is 2. The molecule has 0 aliphatic heterocycles. The van der Waals surface area contributed by atoms with E-state index >= 15 is 0 Å². The van der Waals surface area contributed by atoms with Crippen molar-refractivity contribution in [1.29, 1.82) is 0 Å². The number of anilines is 1. The van der Waals surface area contributed by atoms with Crippen molar-refractivity contribution in [2.75, 3.05) is 5.32 Å². The smallest absolute Gasteiger partial charge is 0.171 e. The first kappa shape index (κ1) is 11.9. The SMILES string of the molecule is CCC(C)(C)NC(=S)Nc1ccncc1. The molecule has 0 aliphatic rings. The lowest BCUT2D eigenvalue weighted by molar-refractivity contribution is 0.448. The zero-order chi connectivity index (χ0) is 11.3. The Bertz CT molecular complexity index is 322. The summed E-state index contributed by atoms with van der Waals surface area (Å²) in [4.78, 5) is 3.94. The van der Waals surface area contributed by atoms with Gasteiger partial charge in [0.15, 0.2) is 5.11 Å². The summed E-state index contributed by atoms with van der Waals surface area (Å²) in [5.41, 5.74) is 0.978. The molecule has 82 valence electrons. The van der Waals surface area contributed by atoms with Crippen molar-refractivity contribution in [3.8, 4) is 0 Å². The second-order valence-electron chi connectivity index (χ2n) is 4.05. The molecule has 0 unspecified atom stereocenters. The Labute approximate surface area is 96.3 Å². The molecule has 1 rings (SSSR count). The first-order valence-corrected chi connectivity index (χ1v) is 5.43. The number of hydrogen-bond acceptors (Lipinski definition) is 2. The van der Waals surface area contributed by atoms with Crippen LogP contribution in [0.2, 0.25) is 0 Å². The highest BCUT2D eigenvalue weighted by atomic mass is 32.1. The van der Waals surface area contributed by atoms with Crippen LogP contribution in [0, 0.1) is 0 Å². The van der Waals surface area contributed by atoms with Crippen LogP contribution in [-0.4, -0.2) is 15.6 Å². The number of nitrogens with zero attached hydrogens (tertiary/aromatic N) is 1. The number of hydrogen-bond donors (Lipinski definition) is 2. The molecule has 0 atom stereocenters. The van der Waals surface area contributed by atoms with E-state index in [1.807, 2.05) is 12.1 Å². The Kier molecular flexibility index (Phi) is 4.03. The van der Waals surface area contributed by atoms with Crippen molar-refractivity contribution in [2.45, 2.75) is 32.7 Å². The first-order valence-electron chi connectivity index (χ1n) is 5.03. The van der Waals surface area contributed by atoms with Gasteiger partial charge in [-0.15, -0.1) is 0 Å². The van der Waals surface area contributed by atoms with Crippen molar-refractivity contribution in [1.82, 2.24) is 10.3 Å². The van der Waals surface area contributed by atoms with Crippen LogP contribution >= 0.6 is 12.2 Å². The first-order chi connectivity index (χ1) is 7.03. The molecular formula is C11H17N3S. The summed E-state index contributed by atoms with van der Waals surface area (Å²) in [6.07, 6.45) is 4.48. The molecule has 1 aromatic heterocycles. The predicted octanol–water partition coefficient (Wildman–Crippen LogP) is 2.56. The standard InChI is InChI=1S/C11H17N3S/c1-4-11(2,3)14-10(15)13-9-5-7-12-8-6-9/h5-8H,4H2,1-3H3,(H2,12,13,14,15).